The van der Waals surface area contributed by atoms with Gasteiger partial charge in [0.05, 0.1) is 0 Å². The zero-order valence-corrected chi connectivity index (χ0v) is 8.29. The molecule has 0 aliphatic carbocycles. The van der Waals surface area contributed by atoms with E-state index in [4.69, 9.17) is 0 Å². The molecule has 1 heterocycles. The molecule has 0 aromatic rings. The largest absolute Gasteiger partial charge is 0.328 e. The average molecular weight is 198 g/mol. The molecule has 0 saturated carbocycles. The lowest BCUT2D eigenvalue weighted by Crippen LogP contribution is -2.55. The number of rotatable bonds is 3. The first-order valence-corrected chi connectivity index (χ1v) is 4.66. The van der Waals surface area contributed by atoms with Crippen molar-refractivity contribution in [3.8, 4) is 0 Å². The highest BCUT2D eigenvalue weighted by Crippen LogP contribution is 2.14. The highest BCUT2D eigenvalue weighted by molar-refractivity contribution is 6.16. The Hall–Kier alpha value is -1.39. The van der Waals surface area contributed by atoms with Crippen molar-refractivity contribution in [3.63, 3.8) is 0 Å². The summed E-state index contributed by atoms with van der Waals surface area (Å²) in [6, 6.07) is -0.721. The summed E-state index contributed by atoms with van der Waals surface area (Å²) in [5, 5.41) is 4.15. The third kappa shape index (κ3) is 2.55. The molecule has 1 rings (SSSR count). The standard InChI is InChI=1S/C9H14N2O3/c1-5(2)3-4-6-7(12)10-9(14)11-8(6)13/h5-6H,3-4H2,1-2H3,(H2,10,11,12,13,14). The van der Waals surface area contributed by atoms with Gasteiger partial charge in [-0.05, 0) is 18.8 Å². The van der Waals surface area contributed by atoms with E-state index in [0.717, 1.165) is 6.42 Å². The second kappa shape index (κ2) is 4.21. The van der Waals surface area contributed by atoms with Gasteiger partial charge in [0, 0.05) is 0 Å². The van der Waals surface area contributed by atoms with Gasteiger partial charge in [-0.3, -0.25) is 20.2 Å². The predicted octanol–water partition coefficient (Wildman–Crippen LogP) is 0.405. The minimum atomic E-state index is -0.721. The molecular weight excluding hydrogens is 184 g/mol. The summed E-state index contributed by atoms with van der Waals surface area (Å²) < 4.78 is 0. The summed E-state index contributed by atoms with van der Waals surface area (Å²) in [5.74, 6) is -1.25. The third-order valence-corrected chi connectivity index (χ3v) is 2.14. The van der Waals surface area contributed by atoms with Crippen molar-refractivity contribution in [1.82, 2.24) is 10.6 Å². The molecule has 5 nitrogen and oxygen atoms in total. The number of urea groups is 1. The Bertz CT molecular complexity index is 253. The lowest BCUT2D eigenvalue weighted by atomic mass is 9.95. The summed E-state index contributed by atoms with van der Waals surface area (Å²) in [6.07, 6.45) is 1.28. The summed E-state index contributed by atoms with van der Waals surface area (Å²) in [7, 11) is 0. The van der Waals surface area contributed by atoms with E-state index >= 15 is 0 Å². The van der Waals surface area contributed by atoms with Crippen molar-refractivity contribution >= 4 is 17.8 Å². The number of amides is 4. The van der Waals surface area contributed by atoms with Crippen molar-refractivity contribution < 1.29 is 14.4 Å². The Morgan fingerprint density at radius 3 is 2.07 bits per heavy atom. The van der Waals surface area contributed by atoms with Crippen molar-refractivity contribution in [2.45, 2.75) is 26.7 Å². The molecular formula is C9H14N2O3. The highest BCUT2D eigenvalue weighted by Gasteiger charge is 2.33. The van der Waals surface area contributed by atoms with Crippen LogP contribution < -0.4 is 10.6 Å². The first kappa shape index (κ1) is 10.7. The first-order valence-electron chi connectivity index (χ1n) is 4.66. The van der Waals surface area contributed by atoms with Crippen molar-refractivity contribution in [2.75, 3.05) is 0 Å². The molecule has 0 bridgehead atoms. The van der Waals surface area contributed by atoms with Crippen LogP contribution in [0.5, 0.6) is 0 Å². The van der Waals surface area contributed by atoms with Crippen LogP contribution in [0.2, 0.25) is 0 Å². The molecule has 14 heavy (non-hydrogen) atoms. The van der Waals surface area contributed by atoms with Gasteiger partial charge in [0.15, 0.2) is 0 Å². The van der Waals surface area contributed by atoms with Crippen LogP contribution in [-0.4, -0.2) is 17.8 Å². The Labute approximate surface area is 82.2 Å². The Morgan fingerprint density at radius 2 is 1.64 bits per heavy atom. The summed E-state index contributed by atoms with van der Waals surface area (Å²) >= 11 is 0. The zero-order chi connectivity index (χ0) is 10.7. The van der Waals surface area contributed by atoms with Crippen LogP contribution in [0, 0.1) is 11.8 Å². The number of carbonyl (C=O) groups is 3. The van der Waals surface area contributed by atoms with Crippen molar-refractivity contribution in [2.24, 2.45) is 11.8 Å². The Balaban J connectivity index is 2.54. The van der Waals surface area contributed by atoms with E-state index in [0.29, 0.717) is 12.3 Å². The van der Waals surface area contributed by atoms with Crippen LogP contribution in [-0.2, 0) is 9.59 Å². The molecule has 0 radical (unpaired) electrons. The minimum absolute atomic E-state index is 0.438. The number of carbonyl (C=O) groups excluding carboxylic acids is 3. The molecule has 5 heteroatoms. The highest BCUT2D eigenvalue weighted by atomic mass is 16.2. The number of hydrogen-bond donors (Lipinski definition) is 2. The summed E-state index contributed by atoms with van der Waals surface area (Å²) in [5.41, 5.74) is 0. The first-order chi connectivity index (χ1) is 6.50. The smallest absolute Gasteiger partial charge is 0.277 e. The fourth-order valence-corrected chi connectivity index (χ4v) is 1.31. The quantitative estimate of drug-likeness (QED) is 0.645. The minimum Gasteiger partial charge on any atom is -0.277 e. The van der Waals surface area contributed by atoms with Gasteiger partial charge < -0.3 is 0 Å². The topological polar surface area (TPSA) is 75.3 Å². The molecule has 78 valence electrons. The van der Waals surface area contributed by atoms with E-state index in [2.05, 4.69) is 10.6 Å². The second-order valence-electron chi connectivity index (χ2n) is 3.83. The lowest BCUT2D eigenvalue weighted by Gasteiger charge is -2.20. The summed E-state index contributed by atoms with van der Waals surface area (Å²) in [6.45, 7) is 4.04. The number of barbiturate groups is 1. The van der Waals surface area contributed by atoms with E-state index in [9.17, 15) is 14.4 Å². The van der Waals surface area contributed by atoms with Gasteiger partial charge in [-0.1, -0.05) is 13.8 Å². The molecule has 4 amide bonds. The number of imide groups is 2. The molecule has 0 unspecified atom stereocenters. The van der Waals surface area contributed by atoms with Crippen LogP contribution in [0.4, 0.5) is 4.79 Å². The molecule has 0 atom stereocenters. The van der Waals surface area contributed by atoms with E-state index < -0.39 is 23.8 Å². The molecule has 1 fully saturated rings. The molecule has 0 aromatic heterocycles. The van der Waals surface area contributed by atoms with Gasteiger partial charge in [-0.15, -0.1) is 0 Å². The van der Waals surface area contributed by atoms with Gasteiger partial charge in [0.25, 0.3) is 0 Å². The second-order valence-corrected chi connectivity index (χ2v) is 3.83. The van der Waals surface area contributed by atoms with Gasteiger partial charge in [-0.2, -0.15) is 0 Å². The monoisotopic (exact) mass is 198 g/mol. The third-order valence-electron chi connectivity index (χ3n) is 2.14. The average Bonchev–Trinajstić information content (AvgIpc) is 2.01. The van der Waals surface area contributed by atoms with Gasteiger partial charge >= 0.3 is 6.03 Å². The Kier molecular flexibility index (Phi) is 3.22. The Morgan fingerprint density at radius 1 is 1.14 bits per heavy atom. The van der Waals surface area contributed by atoms with Crippen LogP contribution in [0.15, 0.2) is 0 Å². The zero-order valence-electron chi connectivity index (χ0n) is 8.29. The fourth-order valence-electron chi connectivity index (χ4n) is 1.31. The van der Waals surface area contributed by atoms with Gasteiger partial charge in [-0.25, -0.2) is 4.79 Å². The van der Waals surface area contributed by atoms with E-state index in [-0.39, 0.29) is 0 Å². The predicted molar refractivity (Wildman–Crippen MR) is 49.2 cm³/mol. The molecule has 1 saturated heterocycles. The van der Waals surface area contributed by atoms with Gasteiger partial charge in [0.1, 0.15) is 5.92 Å². The maximum Gasteiger partial charge on any atom is 0.328 e. The van der Waals surface area contributed by atoms with Crippen molar-refractivity contribution in [3.05, 3.63) is 0 Å². The number of nitrogens with one attached hydrogen (secondary N) is 2. The molecule has 1 aliphatic rings. The summed E-state index contributed by atoms with van der Waals surface area (Å²) in [4.78, 5) is 33.2. The van der Waals surface area contributed by atoms with Gasteiger partial charge in [0.2, 0.25) is 11.8 Å². The normalized spacial score (nSPS) is 18.4. The lowest BCUT2D eigenvalue weighted by molar-refractivity contribution is -0.136. The fraction of sp³-hybridized carbons (Fsp3) is 0.667. The molecule has 0 aromatic carbocycles. The molecule has 2 N–H and O–H groups in total. The van der Waals surface area contributed by atoms with Crippen molar-refractivity contribution in [1.29, 1.82) is 0 Å². The van der Waals surface area contributed by atoms with E-state index in [1.54, 1.807) is 0 Å². The SMILES string of the molecule is CC(C)CCC1C(=O)NC(=O)NC1=O. The maximum absolute atomic E-state index is 11.2. The van der Waals surface area contributed by atoms with E-state index in [1.807, 2.05) is 13.8 Å². The number of hydrogen-bond acceptors (Lipinski definition) is 3. The molecule has 0 spiro atoms. The van der Waals surface area contributed by atoms with Crippen LogP contribution in [0.25, 0.3) is 0 Å². The van der Waals surface area contributed by atoms with Crippen LogP contribution in [0.3, 0.4) is 0 Å². The molecule has 1 aliphatic heterocycles. The van der Waals surface area contributed by atoms with Crippen LogP contribution in [0.1, 0.15) is 26.7 Å². The maximum atomic E-state index is 11.2. The van der Waals surface area contributed by atoms with Crippen LogP contribution >= 0.6 is 0 Å². The van der Waals surface area contributed by atoms with E-state index in [1.165, 1.54) is 0 Å².